The summed E-state index contributed by atoms with van der Waals surface area (Å²) in [6.07, 6.45) is 1.19. The fourth-order valence-corrected chi connectivity index (χ4v) is 3.12. The van der Waals surface area contributed by atoms with Gasteiger partial charge in [-0.1, -0.05) is 26.0 Å². The van der Waals surface area contributed by atoms with Gasteiger partial charge < -0.3 is 15.0 Å². The molecule has 1 aromatic rings. The molecule has 0 bridgehead atoms. The molecular formula is C16H26N2O. The van der Waals surface area contributed by atoms with Gasteiger partial charge in [-0.3, -0.25) is 0 Å². The van der Waals surface area contributed by atoms with Crippen LogP contribution in [0.25, 0.3) is 0 Å². The van der Waals surface area contributed by atoms with E-state index < -0.39 is 0 Å². The quantitative estimate of drug-likeness (QED) is 0.903. The summed E-state index contributed by atoms with van der Waals surface area (Å²) >= 11 is 0. The Hall–Kier alpha value is -1.22. The van der Waals surface area contributed by atoms with Crippen LogP contribution in [0.1, 0.15) is 27.2 Å². The van der Waals surface area contributed by atoms with Crippen LogP contribution < -0.4 is 15.0 Å². The van der Waals surface area contributed by atoms with E-state index in [1.807, 2.05) is 12.1 Å². The molecule has 0 aromatic heterocycles. The summed E-state index contributed by atoms with van der Waals surface area (Å²) in [5, 5.41) is 3.61. The number of nitrogens with zero attached hydrogens (tertiary/aromatic N) is 1. The second kappa shape index (κ2) is 6.29. The minimum absolute atomic E-state index is 0.522. The molecule has 2 rings (SSSR count). The van der Waals surface area contributed by atoms with Crippen LogP contribution in [0.4, 0.5) is 5.69 Å². The maximum Gasteiger partial charge on any atom is 0.142 e. The van der Waals surface area contributed by atoms with E-state index in [1.165, 1.54) is 12.1 Å². The first-order chi connectivity index (χ1) is 9.19. The van der Waals surface area contributed by atoms with Crippen molar-refractivity contribution in [2.45, 2.75) is 39.3 Å². The van der Waals surface area contributed by atoms with Crippen LogP contribution in [0.5, 0.6) is 5.75 Å². The third-order valence-electron chi connectivity index (χ3n) is 4.43. The van der Waals surface area contributed by atoms with E-state index in [0.717, 1.165) is 18.8 Å². The van der Waals surface area contributed by atoms with Crippen molar-refractivity contribution in [1.29, 1.82) is 0 Å². The van der Waals surface area contributed by atoms with Gasteiger partial charge in [-0.05, 0) is 37.9 Å². The van der Waals surface area contributed by atoms with Crippen LogP contribution in [0.2, 0.25) is 0 Å². The molecule has 1 aliphatic heterocycles. The Kier molecular flexibility index (Phi) is 4.70. The maximum absolute atomic E-state index is 5.50. The SMILES string of the molecule is CCNC1CCN(c2ccccc2OC)C(C)C1C. The van der Waals surface area contributed by atoms with Gasteiger partial charge in [0, 0.05) is 18.6 Å². The zero-order chi connectivity index (χ0) is 13.8. The third kappa shape index (κ3) is 2.86. The zero-order valence-electron chi connectivity index (χ0n) is 12.5. The Morgan fingerprint density at radius 2 is 2.05 bits per heavy atom. The van der Waals surface area contributed by atoms with Crippen molar-refractivity contribution >= 4 is 5.69 Å². The van der Waals surface area contributed by atoms with Gasteiger partial charge in [-0.25, -0.2) is 0 Å². The molecule has 3 atom stereocenters. The van der Waals surface area contributed by atoms with Gasteiger partial charge in [-0.2, -0.15) is 0 Å². The number of para-hydroxylation sites is 2. The summed E-state index contributed by atoms with van der Waals surface area (Å²) in [4.78, 5) is 2.48. The number of methoxy groups -OCH3 is 1. The lowest BCUT2D eigenvalue weighted by molar-refractivity contribution is 0.272. The molecule has 0 radical (unpaired) electrons. The summed E-state index contributed by atoms with van der Waals surface area (Å²) in [6, 6.07) is 9.48. The van der Waals surface area contributed by atoms with Gasteiger partial charge in [0.1, 0.15) is 5.75 Å². The molecule has 1 aliphatic rings. The van der Waals surface area contributed by atoms with E-state index in [9.17, 15) is 0 Å². The van der Waals surface area contributed by atoms with Crippen LogP contribution in [0, 0.1) is 5.92 Å². The monoisotopic (exact) mass is 262 g/mol. The number of hydrogen-bond acceptors (Lipinski definition) is 3. The van der Waals surface area contributed by atoms with Crippen molar-refractivity contribution in [2.24, 2.45) is 5.92 Å². The average Bonchev–Trinajstić information content (AvgIpc) is 2.44. The van der Waals surface area contributed by atoms with Crippen molar-refractivity contribution in [3.05, 3.63) is 24.3 Å². The molecule has 1 N–H and O–H groups in total. The van der Waals surface area contributed by atoms with Gasteiger partial charge in [0.05, 0.1) is 12.8 Å². The minimum atomic E-state index is 0.522. The molecule has 19 heavy (non-hydrogen) atoms. The number of benzene rings is 1. The number of hydrogen-bond donors (Lipinski definition) is 1. The predicted octanol–water partition coefficient (Wildman–Crippen LogP) is 2.91. The smallest absolute Gasteiger partial charge is 0.142 e. The van der Waals surface area contributed by atoms with E-state index in [1.54, 1.807) is 7.11 Å². The highest BCUT2D eigenvalue weighted by Gasteiger charge is 2.32. The summed E-state index contributed by atoms with van der Waals surface area (Å²) in [6.45, 7) is 8.99. The molecule has 0 spiro atoms. The number of ether oxygens (including phenoxy) is 1. The summed E-state index contributed by atoms with van der Waals surface area (Å²) in [5.74, 6) is 1.61. The van der Waals surface area contributed by atoms with E-state index >= 15 is 0 Å². The van der Waals surface area contributed by atoms with Gasteiger partial charge in [0.2, 0.25) is 0 Å². The summed E-state index contributed by atoms with van der Waals surface area (Å²) in [7, 11) is 1.75. The fraction of sp³-hybridized carbons (Fsp3) is 0.625. The topological polar surface area (TPSA) is 24.5 Å². The predicted molar refractivity (Wildman–Crippen MR) is 81.0 cm³/mol. The first kappa shape index (κ1) is 14.2. The molecule has 3 heteroatoms. The average molecular weight is 262 g/mol. The Morgan fingerprint density at radius 1 is 1.32 bits per heavy atom. The molecule has 1 aromatic carbocycles. The Labute approximate surface area is 116 Å². The first-order valence-electron chi connectivity index (χ1n) is 7.32. The highest BCUT2D eigenvalue weighted by atomic mass is 16.5. The Bertz CT molecular complexity index is 407. The third-order valence-corrected chi connectivity index (χ3v) is 4.43. The van der Waals surface area contributed by atoms with Gasteiger partial charge in [-0.15, -0.1) is 0 Å². The van der Waals surface area contributed by atoms with Crippen molar-refractivity contribution in [1.82, 2.24) is 5.32 Å². The van der Waals surface area contributed by atoms with Crippen molar-refractivity contribution in [3.8, 4) is 5.75 Å². The number of rotatable bonds is 4. The summed E-state index contributed by atoms with van der Waals surface area (Å²) < 4.78 is 5.50. The normalized spacial score (nSPS) is 27.4. The van der Waals surface area contributed by atoms with Crippen LogP contribution >= 0.6 is 0 Å². The van der Waals surface area contributed by atoms with Crippen molar-refractivity contribution < 1.29 is 4.74 Å². The Morgan fingerprint density at radius 3 is 2.74 bits per heavy atom. The van der Waals surface area contributed by atoms with E-state index in [2.05, 4.69) is 43.1 Å². The molecule has 3 nitrogen and oxygen atoms in total. The molecule has 106 valence electrons. The maximum atomic E-state index is 5.50. The van der Waals surface area contributed by atoms with Crippen LogP contribution in [-0.2, 0) is 0 Å². The lowest BCUT2D eigenvalue weighted by atomic mass is 9.86. The van der Waals surface area contributed by atoms with E-state index in [4.69, 9.17) is 4.74 Å². The standard InChI is InChI=1S/C16H26N2O/c1-5-17-14-10-11-18(13(3)12(14)2)15-8-6-7-9-16(15)19-4/h6-9,12-14,17H,5,10-11H2,1-4H3. The van der Waals surface area contributed by atoms with Crippen LogP contribution in [-0.4, -0.2) is 32.3 Å². The molecule has 0 aliphatic carbocycles. The molecule has 3 unspecified atom stereocenters. The minimum Gasteiger partial charge on any atom is -0.495 e. The van der Waals surface area contributed by atoms with Gasteiger partial charge in [0.15, 0.2) is 0 Å². The van der Waals surface area contributed by atoms with Crippen LogP contribution in [0.3, 0.4) is 0 Å². The van der Waals surface area contributed by atoms with Gasteiger partial charge in [0.25, 0.3) is 0 Å². The van der Waals surface area contributed by atoms with Gasteiger partial charge >= 0.3 is 0 Å². The fourth-order valence-electron chi connectivity index (χ4n) is 3.12. The number of piperidine rings is 1. The zero-order valence-corrected chi connectivity index (χ0v) is 12.5. The highest BCUT2D eigenvalue weighted by Crippen LogP contribution is 2.34. The molecular weight excluding hydrogens is 236 g/mol. The van der Waals surface area contributed by atoms with E-state index in [0.29, 0.717) is 18.0 Å². The summed E-state index contributed by atoms with van der Waals surface area (Å²) in [5.41, 5.74) is 1.22. The number of nitrogens with one attached hydrogen (secondary N) is 1. The second-order valence-corrected chi connectivity index (χ2v) is 5.42. The van der Waals surface area contributed by atoms with Crippen molar-refractivity contribution in [3.63, 3.8) is 0 Å². The van der Waals surface area contributed by atoms with E-state index in [-0.39, 0.29) is 0 Å². The number of anilines is 1. The molecule has 0 amide bonds. The lowest BCUT2D eigenvalue weighted by Gasteiger charge is -2.44. The molecule has 1 fully saturated rings. The largest absolute Gasteiger partial charge is 0.495 e. The second-order valence-electron chi connectivity index (χ2n) is 5.42. The molecule has 1 heterocycles. The highest BCUT2D eigenvalue weighted by molar-refractivity contribution is 5.59. The lowest BCUT2D eigenvalue weighted by Crippen LogP contribution is -2.53. The van der Waals surface area contributed by atoms with Crippen LogP contribution in [0.15, 0.2) is 24.3 Å². The first-order valence-corrected chi connectivity index (χ1v) is 7.32. The molecule has 1 saturated heterocycles. The Balaban J connectivity index is 2.18. The van der Waals surface area contributed by atoms with Crippen molar-refractivity contribution in [2.75, 3.05) is 25.1 Å². The molecule has 0 saturated carbocycles.